The van der Waals surface area contributed by atoms with E-state index in [0.29, 0.717) is 0 Å². The summed E-state index contributed by atoms with van der Waals surface area (Å²) in [4.78, 5) is 26.4. The zero-order valence-electron chi connectivity index (χ0n) is 21.0. The molecule has 4 aromatic rings. The first-order valence-electron chi connectivity index (χ1n) is 12.9. The van der Waals surface area contributed by atoms with Crippen LogP contribution >= 0.6 is 0 Å². The summed E-state index contributed by atoms with van der Waals surface area (Å²) in [6.07, 6.45) is 7.72. The van der Waals surface area contributed by atoms with Crippen LogP contribution in [-0.2, 0) is 4.79 Å². The normalized spacial score (nSPS) is 16.4. The molecule has 9 heteroatoms. The molecule has 2 fully saturated rings. The van der Waals surface area contributed by atoms with Crippen molar-refractivity contribution < 1.29 is 9.53 Å². The molecule has 0 atom stereocenters. The number of aromatic nitrogens is 4. The summed E-state index contributed by atoms with van der Waals surface area (Å²) in [5, 5.41) is 8.66. The number of hydrogen-bond acceptors (Lipinski definition) is 7. The standard InChI is InChI=1S/C28H31N7O2/c1-37-25-12-11-21(32-28(36)20-7-5-6-8-20)17-24(25)33-13-15-34(16-14-33)26-23-18-31-35(27(23)30-19-29-26)22-9-3-2-4-10-22/h2-4,9-12,17-20H,5-8,13-16H2,1H3,(H,32,36). The van der Waals surface area contributed by atoms with Gasteiger partial charge in [0.05, 0.1) is 30.1 Å². The van der Waals surface area contributed by atoms with Gasteiger partial charge in [0, 0.05) is 37.8 Å². The molecule has 2 aromatic carbocycles. The number of ether oxygens (including phenoxy) is 1. The maximum absolute atomic E-state index is 12.7. The largest absolute Gasteiger partial charge is 0.495 e. The number of carbonyl (C=O) groups excluding carboxylic acids is 1. The SMILES string of the molecule is COc1ccc(NC(=O)C2CCCC2)cc1N1CCN(c2ncnc3c2cnn3-c2ccccc2)CC1. The molecule has 6 rings (SSSR count). The monoisotopic (exact) mass is 497 g/mol. The van der Waals surface area contributed by atoms with Gasteiger partial charge in [0.2, 0.25) is 5.91 Å². The number of benzene rings is 2. The van der Waals surface area contributed by atoms with Crippen molar-refractivity contribution in [1.29, 1.82) is 0 Å². The summed E-state index contributed by atoms with van der Waals surface area (Å²) in [7, 11) is 1.69. The average Bonchev–Trinajstić information content (AvgIpc) is 3.64. The summed E-state index contributed by atoms with van der Waals surface area (Å²) in [6.45, 7) is 3.19. The third kappa shape index (κ3) is 4.57. The highest BCUT2D eigenvalue weighted by molar-refractivity contribution is 5.93. The summed E-state index contributed by atoms with van der Waals surface area (Å²) in [5.41, 5.74) is 3.59. The number of rotatable bonds is 6. The molecule has 1 saturated heterocycles. The maximum atomic E-state index is 12.7. The molecule has 1 aliphatic carbocycles. The van der Waals surface area contributed by atoms with Gasteiger partial charge >= 0.3 is 0 Å². The van der Waals surface area contributed by atoms with Gasteiger partial charge in [-0.3, -0.25) is 4.79 Å². The van der Waals surface area contributed by atoms with E-state index in [4.69, 9.17) is 4.74 Å². The van der Waals surface area contributed by atoms with Crippen LogP contribution in [0.2, 0.25) is 0 Å². The number of para-hydroxylation sites is 1. The van der Waals surface area contributed by atoms with Crippen molar-refractivity contribution in [1.82, 2.24) is 19.7 Å². The predicted octanol–water partition coefficient (Wildman–Crippen LogP) is 4.28. The van der Waals surface area contributed by atoms with Crippen molar-refractivity contribution in [3.8, 4) is 11.4 Å². The molecule has 0 bridgehead atoms. The molecule has 190 valence electrons. The first-order valence-corrected chi connectivity index (χ1v) is 12.9. The van der Waals surface area contributed by atoms with Gasteiger partial charge in [0.25, 0.3) is 0 Å². The lowest BCUT2D eigenvalue weighted by Gasteiger charge is -2.37. The number of nitrogens with one attached hydrogen (secondary N) is 1. The van der Waals surface area contributed by atoms with Crippen molar-refractivity contribution in [2.75, 3.05) is 48.4 Å². The number of methoxy groups -OCH3 is 1. The van der Waals surface area contributed by atoms with Gasteiger partial charge in [-0.15, -0.1) is 0 Å². The Bertz CT molecular complexity index is 1390. The Balaban J connectivity index is 1.19. The molecule has 37 heavy (non-hydrogen) atoms. The number of anilines is 3. The van der Waals surface area contributed by atoms with E-state index in [1.807, 2.05) is 59.4 Å². The van der Waals surface area contributed by atoms with E-state index in [2.05, 4.69) is 30.2 Å². The van der Waals surface area contributed by atoms with E-state index in [0.717, 1.165) is 91.5 Å². The number of piperazine rings is 1. The Morgan fingerprint density at radius 3 is 2.49 bits per heavy atom. The molecule has 9 nitrogen and oxygen atoms in total. The second kappa shape index (κ2) is 10.1. The third-order valence-electron chi connectivity index (χ3n) is 7.44. The van der Waals surface area contributed by atoms with Crippen LogP contribution < -0.4 is 19.9 Å². The molecular weight excluding hydrogens is 466 g/mol. The van der Waals surface area contributed by atoms with Crippen LogP contribution in [0.5, 0.6) is 5.75 Å². The minimum atomic E-state index is 0.127. The first kappa shape index (κ1) is 23.3. The molecule has 1 aliphatic heterocycles. The molecule has 0 unspecified atom stereocenters. The second-order valence-electron chi connectivity index (χ2n) is 9.66. The summed E-state index contributed by atoms with van der Waals surface area (Å²) in [5.74, 6) is 1.96. The molecule has 2 aliphatic rings. The van der Waals surface area contributed by atoms with Crippen LogP contribution in [0.15, 0.2) is 61.1 Å². The number of carbonyl (C=O) groups is 1. The molecule has 3 heterocycles. The fraction of sp³-hybridized carbons (Fsp3) is 0.357. The summed E-state index contributed by atoms with van der Waals surface area (Å²) in [6, 6.07) is 15.9. The zero-order chi connectivity index (χ0) is 25.2. The Hall–Kier alpha value is -4.14. The lowest BCUT2D eigenvalue weighted by atomic mass is 10.1. The average molecular weight is 498 g/mol. The minimum Gasteiger partial charge on any atom is -0.495 e. The number of hydrogen-bond donors (Lipinski definition) is 1. The molecule has 2 aromatic heterocycles. The van der Waals surface area contributed by atoms with Crippen LogP contribution in [-0.4, -0.2) is 58.9 Å². The molecule has 1 amide bonds. The van der Waals surface area contributed by atoms with Gasteiger partial charge in [-0.1, -0.05) is 31.0 Å². The van der Waals surface area contributed by atoms with E-state index in [1.54, 1.807) is 13.4 Å². The van der Waals surface area contributed by atoms with Gasteiger partial charge in [-0.2, -0.15) is 5.10 Å². The maximum Gasteiger partial charge on any atom is 0.227 e. The van der Waals surface area contributed by atoms with Crippen molar-refractivity contribution in [3.63, 3.8) is 0 Å². The van der Waals surface area contributed by atoms with Crippen LogP contribution in [0.3, 0.4) is 0 Å². The quantitative estimate of drug-likeness (QED) is 0.425. The number of amides is 1. The molecule has 1 N–H and O–H groups in total. The van der Waals surface area contributed by atoms with E-state index in [9.17, 15) is 4.79 Å². The fourth-order valence-corrected chi connectivity index (χ4v) is 5.45. The van der Waals surface area contributed by atoms with Gasteiger partial charge in [-0.05, 0) is 43.2 Å². The van der Waals surface area contributed by atoms with Crippen LogP contribution in [0.1, 0.15) is 25.7 Å². The van der Waals surface area contributed by atoms with E-state index in [-0.39, 0.29) is 11.8 Å². The van der Waals surface area contributed by atoms with Crippen LogP contribution in [0.4, 0.5) is 17.2 Å². The fourth-order valence-electron chi connectivity index (χ4n) is 5.45. The third-order valence-corrected chi connectivity index (χ3v) is 7.44. The Morgan fingerprint density at radius 1 is 0.973 bits per heavy atom. The Kier molecular flexibility index (Phi) is 6.34. The van der Waals surface area contributed by atoms with Crippen molar-refractivity contribution >= 4 is 34.1 Å². The zero-order valence-corrected chi connectivity index (χ0v) is 21.0. The molecule has 1 saturated carbocycles. The molecular formula is C28H31N7O2. The Morgan fingerprint density at radius 2 is 1.73 bits per heavy atom. The number of fused-ring (bicyclic) bond motifs is 1. The lowest BCUT2D eigenvalue weighted by Crippen LogP contribution is -2.47. The number of nitrogens with zero attached hydrogens (tertiary/aromatic N) is 6. The lowest BCUT2D eigenvalue weighted by molar-refractivity contribution is -0.119. The smallest absolute Gasteiger partial charge is 0.227 e. The minimum absolute atomic E-state index is 0.127. The highest BCUT2D eigenvalue weighted by Gasteiger charge is 2.25. The Labute approximate surface area is 216 Å². The van der Waals surface area contributed by atoms with E-state index >= 15 is 0 Å². The molecule has 0 spiro atoms. The molecule has 0 radical (unpaired) electrons. The highest BCUT2D eigenvalue weighted by atomic mass is 16.5. The van der Waals surface area contributed by atoms with Crippen molar-refractivity contribution in [3.05, 3.63) is 61.1 Å². The van der Waals surface area contributed by atoms with Crippen LogP contribution in [0.25, 0.3) is 16.7 Å². The van der Waals surface area contributed by atoms with Gasteiger partial charge in [0.1, 0.15) is 17.9 Å². The van der Waals surface area contributed by atoms with Crippen molar-refractivity contribution in [2.24, 2.45) is 5.92 Å². The highest BCUT2D eigenvalue weighted by Crippen LogP contribution is 2.34. The summed E-state index contributed by atoms with van der Waals surface area (Å²) < 4.78 is 7.53. The predicted molar refractivity (Wildman–Crippen MR) is 145 cm³/mol. The van der Waals surface area contributed by atoms with Gasteiger partial charge in [0.15, 0.2) is 5.65 Å². The van der Waals surface area contributed by atoms with E-state index < -0.39 is 0 Å². The van der Waals surface area contributed by atoms with Crippen LogP contribution in [0, 0.1) is 5.92 Å². The van der Waals surface area contributed by atoms with Crippen molar-refractivity contribution in [2.45, 2.75) is 25.7 Å². The topological polar surface area (TPSA) is 88.4 Å². The second-order valence-corrected chi connectivity index (χ2v) is 9.66. The van der Waals surface area contributed by atoms with Gasteiger partial charge in [-0.25, -0.2) is 14.6 Å². The summed E-state index contributed by atoms with van der Waals surface area (Å²) >= 11 is 0. The van der Waals surface area contributed by atoms with Gasteiger partial charge < -0.3 is 19.9 Å². The first-order chi connectivity index (χ1) is 18.2. The van der Waals surface area contributed by atoms with E-state index in [1.165, 1.54) is 0 Å².